The lowest BCUT2D eigenvalue weighted by molar-refractivity contribution is -0.146. The summed E-state index contributed by atoms with van der Waals surface area (Å²) in [5.74, 6) is -0.653. The third-order valence-corrected chi connectivity index (χ3v) is 4.03. The summed E-state index contributed by atoms with van der Waals surface area (Å²) in [4.78, 5) is 17.0. The molecular weight excluding hydrogens is 311 g/mol. The van der Waals surface area contributed by atoms with E-state index in [9.17, 15) is 4.79 Å². The number of rotatable bonds is 4. The Kier molecular flexibility index (Phi) is 4.59. The van der Waals surface area contributed by atoms with Gasteiger partial charge in [-0.25, -0.2) is 4.79 Å². The van der Waals surface area contributed by atoms with Gasteiger partial charge in [0.05, 0.1) is 5.92 Å². The van der Waals surface area contributed by atoms with Gasteiger partial charge in [0.2, 0.25) is 0 Å². The van der Waals surface area contributed by atoms with E-state index in [4.69, 9.17) is 33.8 Å². The van der Waals surface area contributed by atoms with Crippen LogP contribution in [0.5, 0.6) is 0 Å². The molecule has 0 radical (unpaired) electrons. The molecule has 2 N–H and O–H groups in total. The summed E-state index contributed by atoms with van der Waals surface area (Å²) in [5.41, 5.74) is 6.21. The Labute approximate surface area is 133 Å². The van der Waals surface area contributed by atoms with Crippen LogP contribution >= 0.6 is 23.2 Å². The molecule has 2 atom stereocenters. The monoisotopic (exact) mass is 326 g/mol. The molecular formula is C15H16Cl2N2O2. The number of carbonyl (C=O) groups is 1. The molecule has 4 nitrogen and oxygen atoms in total. The summed E-state index contributed by atoms with van der Waals surface area (Å²) in [6.07, 6.45) is 1.65. The van der Waals surface area contributed by atoms with Gasteiger partial charge in [0.25, 0.3) is 0 Å². The van der Waals surface area contributed by atoms with Crippen molar-refractivity contribution in [2.75, 3.05) is 0 Å². The molecule has 0 aromatic heterocycles. The van der Waals surface area contributed by atoms with Crippen molar-refractivity contribution in [3.63, 3.8) is 0 Å². The Morgan fingerprint density at radius 1 is 1.33 bits per heavy atom. The quantitative estimate of drug-likeness (QED) is 0.399. The zero-order valence-electron chi connectivity index (χ0n) is 11.7. The maximum atomic E-state index is 12.0. The number of carbonyl (C=O) groups excluding carboxylic acids is 1. The van der Waals surface area contributed by atoms with Crippen LogP contribution in [0, 0.1) is 17.3 Å². The first-order valence-electron chi connectivity index (χ1n) is 6.46. The summed E-state index contributed by atoms with van der Waals surface area (Å²) in [6.45, 7) is 3.89. The molecule has 0 amide bonds. The van der Waals surface area contributed by atoms with Crippen LogP contribution in [0.2, 0.25) is 0 Å². The van der Waals surface area contributed by atoms with E-state index < -0.39 is 5.97 Å². The van der Waals surface area contributed by atoms with E-state index in [0.717, 1.165) is 0 Å². The predicted molar refractivity (Wildman–Crippen MR) is 83.8 cm³/mol. The molecule has 1 fully saturated rings. The van der Waals surface area contributed by atoms with Gasteiger partial charge in [0, 0.05) is 5.56 Å². The van der Waals surface area contributed by atoms with E-state index in [0.29, 0.717) is 5.56 Å². The highest BCUT2D eigenvalue weighted by atomic mass is 35.5. The number of allylic oxidation sites excluding steroid dienone is 1. The van der Waals surface area contributed by atoms with Gasteiger partial charge in [0.15, 0.2) is 5.84 Å². The van der Waals surface area contributed by atoms with Crippen molar-refractivity contribution in [2.45, 2.75) is 13.8 Å². The van der Waals surface area contributed by atoms with Crippen molar-refractivity contribution in [3.05, 3.63) is 46.5 Å². The van der Waals surface area contributed by atoms with Crippen molar-refractivity contribution in [1.82, 2.24) is 0 Å². The van der Waals surface area contributed by atoms with Crippen LogP contribution in [-0.4, -0.2) is 11.8 Å². The maximum Gasteiger partial charge on any atom is 0.339 e. The Balaban J connectivity index is 2.02. The minimum absolute atomic E-state index is 0.0526. The third-order valence-electron chi connectivity index (χ3n) is 3.77. The van der Waals surface area contributed by atoms with Gasteiger partial charge >= 0.3 is 5.97 Å². The molecule has 6 heteroatoms. The zero-order chi connectivity index (χ0) is 15.6. The van der Waals surface area contributed by atoms with Gasteiger partial charge in [0.1, 0.15) is 4.49 Å². The zero-order valence-corrected chi connectivity index (χ0v) is 13.2. The van der Waals surface area contributed by atoms with Crippen LogP contribution in [0.15, 0.2) is 46.1 Å². The molecule has 112 valence electrons. The van der Waals surface area contributed by atoms with E-state index in [2.05, 4.69) is 5.16 Å². The molecule has 1 aromatic carbocycles. The Bertz CT molecular complexity index is 593. The van der Waals surface area contributed by atoms with Gasteiger partial charge in [-0.3, -0.25) is 0 Å². The van der Waals surface area contributed by atoms with Gasteiger partial charge < -0.3 is 10.6 Å². The normalized spacial score (nSPS) is 23.3. The standard InChI is InChI=1S/C15H16Cl2N2O2/c1-15(2)10(8-11(16)17)12(15)14(20)21-19-13(18)9-6-4-3-5-7-9/h3-8,10,12H,1-2H3,(H2,18,19)/t10-,12+/m1/s1. The van der Waals surface area contributed by atoms with Crippen molar-refractivity contribution in [1.29, 1.82) is 0 Å². The Morgan fingerprint density at radius 3 is 2.52 bits per heavy atom. The Morgan fingerprint density at radius 2 is 1.95 bits per heavy atom. The summed E-state index contributed by atoms with van der Waals surface area (Å²) in [5, 5.41) is 3.69. The molecule has 0 heterocycles. The first kappa shape index (κ1) is 15.9. The highest BCUT2D eigenvalue weighted by Crippen LogP contribution is 2.60. The van der Waals surface area contributed by atoms with E-state index in [-0.39, 0.29) is 27.6 Å². The highest BCUT2D eigenvalue weighted by molar-refractivity contribution is 6.55. The minimum atomic E-state index is -0.435. The fraction of sp³-hybridized carbons (Fsp3) is 0.333. The lowest BCUT2D eigenvalue weighted by atomic mass is 10.1. The minimum Gasteiger partial charge on any atom is -0.380 e. The fourth-order valence-corrected chi connectivity index (χ4v) is 2.66. The average Bonchev–Trinajstić information content (AvgIpc) is 2.97. The van der Waals surface area contributed by atoms with Gasteiger partial charge in [-0.15, -0.1) is 0 Å². The second-order valence-electron chi connectivity index (χ2n) is 5.53. The summed E-state index contributed by atoms with van der Waals surface area (Å²) in [7, 11) is 0. The molecule has 1 aliphatic rings. The number of nitrogens with two attached hydrogens (primary N) is 1. The molecule has 2 rings (SSSR count). The molecule has 0 aliphatic heterocycles. The Hall–Kier alpha value is -1.52. The molecule has 0 saturated heterocycles. The number of hydrogen-bond donors (Lipinski definition) is 1. The van der Waals surface area contributed by atoms with Crippen molar-refractivity contribution in [3.8, 4) is 0 Å². The molecule has 0 spiro atoms. The van der Waals surface area contributed by atoms with Crippen molar-refractivity contribution < 1.29 is 9.63 Å². The number of nitrogens with zero attached hydrogens (tertiary/aromatic N) is 1. The van der Waals surface area contributed by atoms with Gasteiger partial charge in [-0.05, 0) is 17.4 Å². The van der Waals surface area contributed by atoms with Gasteiger partial charge in [-0.1, -0.05) is 72.5 Å². The number of hydrogen-bond acceptors (Lipinski definition) is 3. The SMILES string of the molecule is CC1(C)[C@H](C=C(Cl)Cl)[C@H]1C(=O)O/N=C(/N)c1ccccc1. The molecule has 21 heavy (non-hydrogen) atoms. The van der Waals surface area contributed by atoms with E-state index >= 15 is 0 Å². The number of benzene rings is 1. The van der Waals surface area contributed by atoms with Crippen molar-refractivity contribution >= 4 is 35.0 Å². The largest absolute Gasteiger partial charge is 0.380 e. The maximum absolute atomic E-state index is 12.0. The van der Waals surface area contributed by atoms with Crippen LogP contribution in [0.3, 0.4) is 0 Å². The lowest BCUT2D eigenvalue weighted by Crippen LogP contribution is -2.16. The predicted octanol–water partition coefficient (Wildman–Crippen LogP) is 3.44. The summed E-state index contributed by atoms with van der Waals surface area (Å²) >= 11 is 11.3. The van der Waals surface area contributed by atoms with Crippen molar-refractivity contribution in [2.24, 2.45) is 28.1 Å². The number of halogens is 2. The molecule has 1 aromatic rings. The smallest absolute Gasteiger partial charge is 0.339 e. The molecule has 1 saturated carbocycles. The average molecular weight is 327 g/mol. The highest BCUT2D eigenvalue weighted by Gasteiger charge is 2.62. The summed E-state index contributed by atoms with van der Waals surface area (Å²) < 4.78 is 0.149. The topological polar surface area (TPSA) is 64.7 Å². The second-order valence-corrected chi connectivity index (χ2v) is 6.54. The second kappa shape index (κ2) is 6.08. The first-order valence-corrected chi connectivity index (χ1v) is 7.22. The molecule has 1 aliphatic carbocycles. The summed E-state index contributed by atoms with van der Waals surface area (Å²) in [6, 6.07) is 9.08. The number of oxime groups is 1. The molecule has 0 bridgehead atoms. The lowest BCUT2D eigenvalue weighted by Gasteiger charge is -2.02. The van der Waals surface area contributed by atoms with E-state index in [1.165, 1.54) is 0 Å². The fourth-order valence-electron chi connectivity index (χ4n) is 2.39. The van der Waals surface area contributed by atoms with Crippen LogP contribution in [-0.2, 0) is 9.63 Å². The van der Waals surface area contributed by atoms with E-state index in [1.54, 1.807) is 18.2 Å². The van der Waals surface area contributed by atoms with Crippen LogP contribution in [0.25, 0.3) is 0 Å². The van der Waals surface area contributed by atoms with Gasteiger partial charge in [-0.2, -0.15) is 0 Å². The molecule has 0 unspecified atom stereocenters. The number of amidine groups is 1. The first-order chi connectivity index (χ1) is 9.84. The van der Waals surface area contributed by atoms with Crippen LogP contribution < -0.4 is 5.73 Å². The van der Waals surface area contributed by atoms with Crippen LogP contribution in [0.1, 0.15) is 19.4 Å². The third kappa shape index (κ3) is 3.57. The van der Waals surface area contributed by atoms with Crippen LogP contribution in [0.4, 0.5) is 0 Å². The van der Waals surface area contributed by atoms with E-state index in [1.807, 2.05) is 32.0 Å².